The van der Waals surface area contributed by atoms with E-state index in [1.54, 1.807) is 20.8 Å². The van der Waals surface area contributed by atoms with Gasteiger partial charge in [-0.2, -0.15) is 0 Å². The van der Waals surface area contributed by atoms with Gasteiger partial charge in [-0.3, -0.25) is 9.59 Å². The number of ether oxygens (including phenoxy) is 4. The minimum atomic E-state index is -1.35. The van der Waals surface area contributed by atoms with Crippen LogP contribution in [0.1, 0.15) is 52.0 Å². The summed E-state index contributed by atoms with van der Waals surface area (Å²) in [6.45, 7) is 5.95. The average Bonchev–Trinajstić information content (AvgIpc) is 2.64. The molecule has 6 nitrogen and oxygen atoms in total. The lowest BCUT2D eigenvalue weighted by molar-refractivity contribution is -0.306. The zero-order chi connectivity index (χ0) is 19.0. The van der Waals surface area contributed by atoms with Crippen LogP contribution in [0.15, 0.2) is 30.3 Å². The third-order valence-electron chi connectivity index (χ3n) is 4.35. The summed E-state index contributed by atoms with van der Waals surface area (Å²) in [5.41, 5.74) is 0.682. The Morgan fingerprint density at radius 1 is 1.19 bits per heavy atom. The van der Waals surface area contributed by atoms with Crippen LogP contribution >= 0.6 is 0 Å². The van der Waals surface area contributed by atoms with Crippen molar-refractivity contribution >= 4 is 11.9 Å². The number of esters is 2. The highest BCUT2D eigenvalue weighted by Crippen LogP contribution is 2.32. The molecule has 144 valence electrons. The van der Waals surface area contributed by atoms with Crippen LogP contribution in [-0.2, 0) is 34.3 Å². The van der Waals surface area contributed by atoms with Crippen LogP contribution < -0.4 is 0 Å². The smallest absolute Gasteiger partial charge is 0.323 e. The van der Waals surface area contributed by atoms with Crippen molar-refractivity contribution in [2.45, 2.75) is 58.5 Å². The Kier molecular flexibility index (Phi) is 7.60. The molecule has 3 unspecified atom stereocenters. The molecular weight excluding hydrogens is 336 g/mol. The zero-order valence-electron chi connectivity index (χ0n) is 15.7. The van der Waals surface area contributed by atoms with Gasteiger partial charge >= 0.3 is 11.9 Å². The fourth-order valence-corrected chi connectivity index (χ4v) is 2.88. The van der Waals surface area contributed by atoms with Crippen LogP contribution in [-0.4, -0.2) is 31.4 Å². The molecule has 0 radical (unpaired) electrons. The molecule has 0 amide bonds. The van der Waals surface area contributed by atoms with E-state index >= 15 is 0 Å². The van der Waals surface area contributed by atoms with Gasteiger partial charge in [0.1, 0.15) is 0 Å². The predicted molar refractivity (Wildman–Crippen MR) is 95.0 cm³/mol. The summed E-state index contributed by atoms with van der Waals surface area (Å²) in [5, 5.41) is 0. The van der Waals surface area contributed by atoms with E-state index in [0.29, 0.717) is 18.6 Å². The summed E-state index contributed by atoms with van der Waals surface area (Å²) in [7, 11) is 0. The molecule has 0 N–H and O–H groups in total. The summed E-state index contributed by atoms with van der Waals surface area (Å²) in [6, 6.07) is 9.20. The Morgan fingerprint density at radius 3 is 2.50 bits per heavy atom. The van der Waals surface area contributed by atoms with Gasteiger partial charge in [0.2, 0.25) is 5.79 Å². The van der Waals surface area contributed by atoms with E-state index in [0.717, 1.165) is 19.3 Å². The Bertz CT molecular complexity index is 581. The fraction of sp³-hybridized carbons (Fsp3) is 0.600. The molecule has 6 heteroatoms. The Labute approximate surface area is 154 Å². The molecule has 26 heavy (non-hydrogen) atoms. The van der Waals surface area contributed by atoms with Crippen molar-refractivity contribution in [1.82, 2.24) is 0 Å². The van der Waals surface area contributed by atoms with E-state index in [2.05, 4.69) is 0 Å². The third-order valence-corrected chi connectivity index (χ3v) is 4.35. The van der Waals surface area contributed by atoms with E-state index in [1.807, 2.05) is 30.3 Å². The summed E-state index contributed by atoms with van der Waals surface area (Å²) >= 11 is 0. The predicted octanol–water partition coefficient (Wildman–Crippen LogP) is 3.54. The van der Waals surface area contributed by atoms with Crippen molar-refractivity contribution in [3.8, 4) is 0 Å². The van der Waals surface area contributed by atoms with Crippen molar-refractivity contribution in [2.75, 3.05) is 13.2 Å². The lowest BCUT2D eigenvalue weighted by Gasteiger charge is -2.35. The Balaban J connectivity index is 2.20. The minimum absolute atomic E-state index is 0.213. The maximum absolute atomic E-state index is 12.7. The molecule has 1 heterocycles. The molecule has 1 fully saturated rings. The van der Waals surface area contributed by atoms with Gasteiger partial charge in [0.25, 0.3) is 0 Å². The molecule has 1 aliphatic rings. The highest BCUT2D eigenvalue weighted by atomic mass is 16.8. The van der Waals surface area contributed by atoms with Crippen molar-refractivity contribution in [3.05, 3.63) is 35.9 Å². The van der Waals surface area contributed by atoms with Gasteiger partial charge in [0.15, 0.2) is 12.2 Å². The normalized spacial score (nSPS) is 20.7. The van der Waals surface area contributed by atoms with E-state index in [9.17, 15) is 9.59 Å². The standard InChI is InChI=1S/C20H28O6/c1-4-16(18(21)23-5-2)19(22)26-20(3,15-11-7-6-8-12-15)25-17-13-9-10-14-24-17/h6-8,11-12,16-17H,4-5,9-10,13-14H2,1-3H3. The lowest BCUT2D eigenvalue weighted by Crippen LogP contribution is -2.41. The second-order valence-corrected chi connectivity index (χ2v) is 6.36. The van der Waals surface area contributed by atoms with Crippen molar-refractivity contribution < 1.29 is 28.5 Å². The van der Waals surface area contributed by atoms with Gasteiger partial charge in [0.05, 0.1) is 6.61 Å². The summed E-state index contributed by atoms with van der Waals surface area (Å²) in [4.78, 5) is 24.7. The van der Waals surface area contributed by atoms with Crippen molar-refractivity contribution in [1.29, 1.82) is 0 Å². The van der Waals surface area contributed by atoms with E-state index in [-0.39, 0.29) is 6.61 Å². The molecular formula is C20H28O6. The van der Waals surface area contributed by atoms with E-state index < -0.39 is 29.9 Å². The third kappa shape index (κ3) is 5.29. The molecule has 0 spiro atoms. The largest absolute Gasteiger partial charge is 0.465 e. The first kappa shape index (κ1) is 20.4. The van der Waals surface area contributed by atoms with Crippen LogP contribution in [0.4, 0.5) is 0 Å². The quantitative estimate of drug-likeness (QED) is 0.399. The monoisotopic (exact) mass is 364 g/mol. The summed E-state index contributed by atoms with van der Waals surface area (Å²) in [5.74, 6) is -3.56. The first-order valence-electron chi connectivity index (χ1n) is 9.24. The van der Waals surface area contributed by atoms with Crippen LogP contribution in [0.3, 0.4) is 0 Å². The Hall–Kier alpha value is -1.92. The van der Waals surface area contributed by atoms with E-state index in [4.69, 9.17) is 18.9 Å². The first-order chi connectivity index (χ1) is 12.5. The van der Waals surface area contributed by atoms with Gasteiger partial charge in [0, 0.05) is 19.1 Å². The van der Waals surface area contributed by atoms with Gasteiger partial charge in [-0.15, -0.1) is 0 Å². The molecule has 1 aromatic rings. The van der Waals surface area contributed by atoms with Crippen molar-refractivity contribution in [3.63, 3.8) is 0 Å². The van der Waals surface area contributed by atoms with Crippen LogP contribution in [0.5, 0.6) is 0 Å². The van der Waals surface area contributed by atoms with Gasteiger partial charge in [-0.05, 0) is 32.6 Å². The number of hydrogen-bond acceptors (Lipinski definition) is 6. The molecule has 1 aromatic carbocycles. The van der Waals surface area contributed by atoms with Gasteiger partial charge < -0.3 is 18.9 Å². The number of benzene rings is 1. The van der Waals surface area contributed by atoms with Crippen LogP contribution in [0, 0.1) is 5.92 Å². The molecule has 1 aliphatic heterocycles. The second kappa shape index (κ2) is 9.69. The van der Waals surface area contributed by atoms with Gasteiger partial charge in [-0.1, -0.05) is 37.3 Å². The molecule has 2 rings (SSSR count). The number of hydrogen-bond donors (Lipinski definition) is 0. The fourth-order valence-electron chi connectivity index (χ4n) is 2.88. The average molecular weight is 364 g/mol. The lowest BCUT2D eigenvalue weighted by atomic mass is 10.0. The zero-order valence-corrected chi connectivity index (χ0v) is 15.7. The molecule has 0 aromatic heterocycles. The summed E-state index contributed by atoms with van der Waals surface area (Å²) < 4.78 is 22.4. The highest BCUT2D eigenvalue weighted by molar-refractivity contribution is 5.95. The number of carbonyl (C=O) groups excluding carboxylic acids is 2. The van der Waals surface area contributed by atoms with Crippen molar-refractivity contribution in [2.24, 2.45) is 5.92 Å². The first-order valence-corrected chi connectivity index (χ1v) is 9.24. The highest BCUT2D eigenvalue weighted by Gasteiger charge is 2.39. The van der Waals surface area contributed by atoms with Crippen LogP contribution in [0.2, 0.25) is 0 Å². The maximum Gasteiger partial charge on any atom is 0.323 e. The molecule has 0 aliphatic carbocycles. The molecule has 0 bridgehead atoms. The van der Waals surface area contributed by atoms with E-state index in [1.165, 1.54) is 0 Å². The molecule has 3 atom stereocenters. The summed E-state index contributed by atoms with van der Waals surface area (Å²) in [6.07, 6.45) is 2.55. The van der Waals surface area contributed by atoms with Crippen LogP contribution in [0.25, 0.3) is 0 Å². The Morgan fingerprint density at radius 2 is 1.92 bits per heavy atom. The molecule has 0 saturated carbocycles. The SMILES string of the molecule is CCOC(=O)C(CC)C(=O)OC(C)(OC1CCCCO1)c1ccccc1. The topological polar surface area (TPSA) is 71.1 Å². The molecule has 1 saturated heterocycles. The number of rotatable bonds is 8. The maximum atomic E-state index is 12.7. The minimum Gasteiger partial charge on any atom is -0.465 e. The van der Waals surface area contributed by atoms with Gasteiger partial charge in [-0.25, -0.2) is 0 Å². The number of carbonyl (C=O) groups is 2. The second-order valence-electron chi connectivity index (χ2n) is 6.36.